The van der Waals surface area contributed by atoms with E-state index in [1.807, 2.05) is 0 Å². The quantitative estimate of drug-likeness (QED) is 0.888. The smallest absolute Gasteiger partial charge is 0.0470 e. The van der Waals surface area contributed by atoms with Gasteiger partial charge in [-0.15, -0.1) is 0 Å². The average molecular weight is 246 g/mol. The third-order valence-electron chi connectivity index (χ3n) is 4.00. The molecule has 0 amide bonds. The molecule has 100 valence electrons. The maximum atomic E-state index is 6.03. The molecule has 1 saturated heterocycles. The number of nitrogens with zero attached hydrogens (tertiary/aromatic N) is 1. The lowest BCUT2D eigenvalue weighted by molar-refractivity contribution is 0.223. The Morgan fingerprint density at radius 1 is 1.22 bits per heavy atom. The van der Waals surface area contributed by atoms with Gasteiger partial charge in [0, 0.05) is 19.1 Å². The summed E-state index contributed by atoms with van der Waals surface area (Å²) >= 11 is 0. The zero-order valence-electron chi connectivity index (χ0n) is 12.2. The second kappa shape index (κ2) is 5.02. The summed E-state index contributed by atoms with van der Waals surface area (Å²) in [6.45, 7) is 12.1. The minimum Gasteiger partial charge on any atom is -0.329 e. The maximum Gasteiger partial charge on any atom is 0.0470 e. The van der Waals surface area contributed by atoms with Crippen molar-refractivity contribution in [1.82, 2.24) is 4.90 Å². The molecule has 2 nitrogen and oxygen atoms in total. The third kappa shape index (κ3) is 2.93. The lowest BCUT2D eigenvalue weighted by Gasteiger charge is -2.29. The summed E-state index contributed by atoms with van der Waals surface area (Å²) in [6.07, 6.45) is 1.27. The highest BCUT2D eigenvalue weighted by molar-refractivity contribution is 5.31. The van der Waals surface area contributed by atoms with Crippen molar-refractivity contribution in [2.24, 2.45) is 11.1 Å². The predicted octanol–water partition coefficient (Wildman–Crippen LogP) is 3.04. The molecule has 1 fully saturated rings. The van der Waals surface area contributed by atoms with Gasteiger partial charge in [0.15, 0.2) is 0 Å². The van der Waals surface area contributed by atoms with Crippen LogP contribution in [0.15, 0.2) is 18.2 Å². The van der Waals surface area contributed by atoms with Crippen LogP contribution in [0.25, 0.3) is 0 Å². The van der Waals surface area contributed by atoms with Gasteiger partial charge in [-0.25, -0.2) is 0 Å². The molecule has 2 heteroatoms. The lowest BCUT2D eigenvalue weighted by Crippen LogP contribution is -2.33. The maximum absolute atomic E-state index is 6.03. The fourth-order valence-electron chi connectivity index (χ4n) is 3.12. The van der Waals surface area contributed by atoms with E-state index in [0.29, 0.717) is 18.0 Å². The van der Waals surface area contributed by atoms with E-state index in [-0.39, 0.29) is 0 Å². The van der Waals surface area contributed by atoms with Gasteiger partial charge in [-0.05, 0) is 37.8 Å². The first-order chi connectivity index (χ1) is 8.41. The van der Waals surface area contributed by atoms with Crippen molar-refractivity contribution in [3.8, 4) is 0 Å². The molecule has 18 heavy (non-hydrogen) atoms. The summed E-state index contributed by atoms with van der Waals surface area (Å²) in [5.41, 5.74) is 10.5. The van der Waals surface area contributed by atoms with Gasteiger partial charge in [0.2, 0.25) is 0 Å². The van der Waals surface area contributed by atoms with Crippen LogP contribution >= 0.6 is 0 Å². The molecule has 0 radical (unpaired) electrons. The van der Waals surface area contributed by atoms with E-state index in [1.165, 1.54) is 29.7 Å². The van der Waals surface area contributed by atoms with Gasteiger partial charge in [-0.3, -0.25) is 4.90 Å². The van der Waals surface area contributed by atoms with Gasteiger partial charge in [0.1, 0.15) is 0 Å². The van der Waals surface area contributed by atoms with Crippen LogP contribution in [0.4, 0.5) is 0 Å². The Labute approximate surface area is 111 Å². The minimum atomic E-state index is 0.380. The summed E-state index contributed by atoms with van der Waals surface area (Å²) in [5.74, 6) is 0. The number of likely N-dealkylation sites (tertiary alicyclic amines) is 1. The van der Waals surface area contributed by atoms with Gasteiger partial charge < -0.3 is 5.73 Å². The van der Waals surface area contributed by atoms with Crippen molar-refractivity contribution < 1.29 is 0 Å². The molecule has 0 saturated carbocycles. The van der Waals surface area contributed by atoms with E-state index >= 15 is 0 Å². The predicted molar refractivity (Wildman–Crippen MR) is 77.7 cm³/mol. The highest BCUT2D eigenvalue weighted by Gasteiger charge is 2.33. The molecule has 0 bridgehead atoms. The molecule has 2 N–H and O–H groups in total. The fourth-order valence-corrected chi connectivity index (χ4v) is 3.12. The largest absolute Gasteiger partial charge is 0.329 e. The number of rotatable bonds is 3. The molecule has 0 spiro atoms. The number of aryl methyl sites for hydroxylation is 2. The zero-order valence-corrected chi connectivity index (χ0v) is 12.2. The van der Waals surface area contributed by atoms with Crippen LogP contribution in [-0.4, -0.2) is 24.5 Å². The average Bonchev–Trinajstić information content (AvgIpc) is 2.58. The van der Waals surface area contributed by atoms with E-state index in [4.69, 9.17) is 5.73 Å². The van der Waals surface area contributed by atoms with Gasteiger partial charge >= 0.3 is 0 Å². The van der Waals surface area contributed by atoms with Crippen LogP contribution in [0.1, 0.15) is 43.0 Å². The molecule has 1 aromatic carbocycles. The summed E-state index contributed by atoms with van der Waals surface area (Å²) in [6, 6.07) is 7.18. The first kappa shape index (κ1) is 13.6. The highest BCUT2D eigenvalue weighted by Crippen LogP contribution is 2.34. The molecular formula is C16H26N2. The Bertz CT molecular complexity index is 403. The van der Waals surface area contributed by atoms with E-state index in [1.54, 1.807) is 0 Å². The van der Waals surface area contributed by atoms with Crippen molar-refractivity contribution in [2.45, 2.75) is 40.2 Å². The minimum absolute atomic E-state index is 0.380. The Hall–Kier alpha value is -0.860. The van der Waals surface area contributed by atoms with Crippen molar-refractivity contribution in [2.75, 3.05) is 19.6 Å². The fraction of sp³-hybridized carbons (Fsp3) is 0.625. The van der Waals surface area contributed by atoms with E-state index in [9.17, 15) is 0 Å². The summed E-state index contributed by atoms with van der Waals surface area (Å²) in [7, 11) is 0. The van der Waals surface area contributed by atoms with Crippen molar-refractivity contribution in [1.29, 1.82) is 0 Å². The molecule has 1 aliphatic heterocycles. The van der Waals surface area contributed by atoms with Gasteiger partial charge in [-0.2, -0.15) is 0 Å². The molecule has 1 heterocycles. The molecule has 1 aliphatic rings. The van der Waals surface area contributed by atoms with Crippen molar-refractivity contribution >= 4 is 0 Å². The molecule has 1 atom stereocenters. The number of nitrogens with two attached hydrogens (primary N) is 1. The van der Waals surface area contributed by atoms with Crippen molar-refractivity contribution in [3.05, 3.63) is 34.9 Å². The van der Waals surface area contributed by atoms with Crippen LogP contribution in [-0.2, 0) is 0 Å². The molecular weight excluding hydrogens is 220 g/mol. The van der Waals surface area contributed by atoms with E-state index < -0.39 is 0 Å². The monoisotopic (exact) mass is 246 g/mol. The summed E-state index contributed by atoms with van der Waals surface area (Å²) in [5, 5.41) is 0. The molecule has 0 aromatic heterocycles. The normalized spacial score (nSPS) is 21.2. The van der Waals surface area contributed by atoms with E-state index in [2.05, 4.69) is 50.8 Å². The second-order valence-corrected chi connectivity index (χ2v) is 6.56. The standard InChI is InChI=1S/C16H26N2/c1-12-7-13(2)9-14(8-12)15(10-17)18-6-5-16(3,4)11-18/h7-9,15H,5-6,10-11,17H2,1-4H3. The number of hydrogen-bond donors (Lipinski definition) is 1. The molecule has 1 aromatic rings. The summed E-state index contributed by atoms with van der Waals surface area (Å²) in [4.78, 5) is 2.55. The van der Waals surface area contributed by atoms with Gasteiger partial charge in [-0.1, -0.05) is 43.2 Å². The lowest BCUT2D eigenvalue weighted by atomic mass is 9.93. The third-order valence-corrected chi connectivity index (χ3v) is 4.00. The Morgan fingerprint density at radius 3 is 2.28 bits per heavy atom. The SMILES string of the molecule is Cc1cc(C)cc(C(CN)N2CCC(C)(C)C2)c1. The van der Waals surface area contributed by atoms with Gasteiger partial charge in [0.05, 0.1) is 0 Å². The van der Waals surface area contributed by atoms with Crippen LogP contribution in [0.5, 0.6) is 0 Å². The van der Waals surface area contributed by atoms with Gasteiger partial charge in [0.25, 0.3) is 0 Å². The Morgan fingerprint density at radius 2 is 1.83 bits per heavy atom. The van der Waals surface area contributed by atoms with Crippen LogP contribution in [0.3, 0.4) is 0 Å². The zero-order chi connectivity index (χ0) is 13.3. The van der Waals surface area contributed by atoms with Crippen LogP contribution in [0, 0.1) is 19.3 Å². The second-order valence-electron chi connectivity index (χ2n) is 6.56. The molecule has 0 aliphatic carbocycles. The molecule has 2 rings (SSSR count). The first-order valence-electron chi connectivity index (χ1n) is 6.93. The highest BCUT2D eigenvalue weighted by atomic mass is 15.2. The number of benzene rings is 1. The first-order valence-corrected chi connectivity index (χ1v) is 6.93. The van der Waals surface area contributed by atoms with Crippen LogP contribution < -0.4 is 5.73 Å². The Balaban J connectivity index is 2.23. The van der Waals surface area contributed by atoms with Crippen LogP contribution in [0.2, 0.25) is 0 Å². The Kier molecular flexibility index (Phi) is 3.79. The number of hydrogen-bond acceptors (Lipinski definition) is 2. The van der Waals surface area contributed by atoms with Crippen molar-refractivity contribution in [3.63, 3.8) is 0 Å². The molecule has 1 unspecified atom stereocenters. The topological polar surface area (TPSA) is 29.3 Å². The van der Waals surface area contributed by atoms with E-state index in [0.717, 1.165) is 6.54 Å². The summed E-state index contributed by atoms with van der Waals surface area (Å²) < 4.78 is 0.